The van der Waals surface area contributed by atoms with E-state index >= 15 is 0 Å². The Bertz CT molecular complexity index is 1530. The molecule has 5 N–H and O–H groups in total. The first-order valence-electron chi connectivity index (χ1n) is 13.4. The molecule has 2 aromatic heterocycles. The third kappa shape index (κ3) is 5.92. The molecule has 0 saturated carbocycles. The van der Waals surface area contributed by atoms with E-state index in [9.17, 15) is 9.59 Å². The summed E-state index contributed by atoms with van der Waals surface area (Å²) in [4.78, 5) is 45.4. The van der Waals surface area contributed by atoms with Crippen molar-refractivity contribution in [3.63, 3.8) is 0 Å². The summed E-state index contributed by atoms with van der Waals surface area (Å²) in [5.74, 6) is 0.208. The van der Waals surface area contributed by atoms with Gasteiger partial charge in [0.05, 0.1) is 17.7 Å². The van der Waals surface area contributed by atoms with Gasteiger partial charge in [-0.1, -0.05) is 36.4 Å². The Hall–Kier alpha value is -4.71. The Balaban J connectivity index is 1.51. The number of hydrogen-bond acceptors (Lipinski definition) is 9. The number of imidazole rings is 1. The number of nitrogens with two attached hydrogens (primary N) is 1. The first kappa shape index (κ1) is 27.8. The van der Waals surface area contributed by atoms with Crippen LogP contribution in [0, 0.1) is 0 Å². The van der Waals surface area contributed by atoms with E-state index in [1.807, 2.05) is 30.3 Å². The number of aromatic nitrogens is 4. The number of anilines is 3. The minimum absolute atomic E-state index is 0.201. The van der Waals surface area contributed by atoms with Crippen LogP contribution in [0.3, 0.4) is 0 Å². The van der Waals surface area contributed by atoms with Crippen molar-refractivity contribution in [3.05, 3.63) is 66.7 Å². The number of rotatable bonds is 7. The summed E-state index contributed by atoms with van der Waals surface area (Å²) in [5.41, 5.74) is 6.69. The fourth-order valence-corrected chi connectivity index (χ4v) is 4.84. The van der Waals surface area contributed by atoms with E-state index < -0.39 is 23.1 Å². The first-order valence-corrected chi connectivity index (χ1v) is 13.4. The Morgan fingerprint density at radius 2 is 1.80 bits per heavy atom. The summed E-state index contributed by atoms with van der Waals surface area (Å²) in [7, 11) is 0. The van der Waals surface area contributed by atoms with E-state index in [1.165, 1.54) is 17.6 Å². The SMILES string of the molecule is CC(C)(C)OC(=O)N(c1ncnc2nc[nH]c12)C1(C(=O)Nc2cccc(OCc3ccccc3)c2N)CCNCC1. The third-order valence-corrected chi connectivity index (χ3v) is 6.82. The van der Waals surface area contributed by atoms with Crippen molar-refractivity contribution < 1.29 is 19.1 Å². The number of para-hydroxylation sites is 1. The number of carbonyl (C=O) groups excluding carboxylic acids is 2. The number of carbonyl (C=O) groups is 2. The molecule has 2 amide bonds. The van der Waals surface area contributed by atoms with Gasteiger partial charge >= 0.3 is 6.09 Å². The van der Waals surface area contributed by atoms with Gasteiger partial charge in [0.1, 0.15) is 35.3 Å². The zero-order chi connectivity index (χ0) is 29.0. The molecule has 0 aliphatic carbocycles. The lowest BCUT2D eigenvalue weighted by Crippen LogP contribution is -2.64. The van der Waals surface area contributed by atoms with Crippen LogP contribution in [0.2, 0.25) is 0 Å². The van der Waals surface area contributed by atoms with Crippen molar-refractivity contribution in [1.82, 2.24) is 25.3 Å². The molecule has 214 valence electrons. The maximum atomic E-state index is 14.3. The number of nitrogen functional groups attached to an aromatic ring is 1. The molecule has 0 bridgehead atoms. The summed E-state index contributed by atoms with van der Waals surface area (Å²) in [6.07, 6.45) is 2.65. The number of ether oxygens (including phenoxy) is 2. The van der Waals surface area contributed by atoms with Crippen LogP contribution in [0.25, 0.3) is 11.2 Å². The van der Waals surface area contributed by atoms with Crippen molar-refractivity contribution in [2.75, 3.05) is 29.0 Å². The molecule has 1 saturated heterocycles. The molecule has 12 heteroatoms. The van der Waals surface area contributed by atoms with Crippen molar-refractivity contribution in [1.29, 1.82) is 0 Å². The van der Waals surface area contributed by atoms with Crippen LogP contribution < -0.4 is 26.0 Å². The number of aromatic amines is 1. The van der Waals surface area contributed by atoms with Gasteiger partial charge in [-0.2, -0.15) is 0 Å². The number of H-pyrrole nitrogens is 1. The number of nitrogens with one attached hydrogen (secondary N) is 3. The highest BCUT2D eigenvalue weighted by Gasteiger charge is 2.51. The van der Waals surface area contributed by atoms with Gasteiger partial charge in [-0.25, -0.2) is 24.6 Å². The van der Waals surface area contributed by atoms with Gasteiger partial charge in [0, 0.05) is 0 Å². The quantitative estimate of drug-likeness (QED) is 0.246. The monoisotopic (exact) mass is 558 g/mol. The molecule has 0 unspecified atom stereocenters. The molecule has 1 aliphatic rings. The maximum absolute atomic E-state index is 14.3. The molecule has 0 atom stereocenters. The van der Waals surface area contributed by atoms with Crippen molar-refractivity contribution in [2.24, 2.45) is 0 Å². The second-order valence-corrected chi connectivity index (χ2v) is 10.8. The number of nitrogens with zero attached hydrogens (tertiary/aromatic N) is 4. The second kappa shape index (κ2) is 11.4. The first-order chi connectivity index (χ1) is 19.7. The summed E-state index contributed by atoms with van der Waals surface area (Å²) >= 11 is 0. The number of hydrogen-bond donors (Lipinski definition) is 4. The molecule has 0 spiro atoms. The lowest BCUT2D eigenvalue weighted by atomic mass is 9.85. The topological polar surface area (TPSA) is 160 Å². The van der Waals surface area contributed by atoms with E-state index in [0.717, 1.165) is 5.56 Å². The average Bonchev–Trinajstić information content (AvgIpc) is 3.44. The van der Waals surface area contributed by atoms with Gasteiger partial charge in [0.2, 0.25) is 0 Å². The molecule has 1 aliphatic heterocycles. The van der Waals surface area contributed by atoms with Crippen LogP contribution in [0.15, 0.2) is 61.2 Å². The normalized spacial score (nSPS) is 14.8. The maximum Gasteiger partial charge on any atom is 0.417 e. The van der Waals surface area contributed by atoms with Gasteiger partial charge in [-0.3, -0.25) is 4.79 Å². The van der Waals surface area contributed by atoms with E-state index in [4.69, 9.17) is 15.2 Å². The predicted octanol–water partition coefficient (Wildman–Crippen LogP) is 4.02. The molecular weight excluding hydrogens is 524 g/mol. The van der Waals surface area contributed by atoms with Crippen LogP contribution in [-0.4, -0.2) is 56.2 Å². The summed E-state index contributed by atoms with van der Waals surface area (Å²) < 4.78 is 11.8. The fraction of sp³-hybridized carbons (Fsp3) is 0.345. The Labute approximate surface area is 237 Å². The number of amides is 2. The Kier molecular flexibility index (Phi) is 7.75. The van der Waals surface area contributed by atoms with Crippen LogP contribution in [-0.2, 0) is 16.1 Å². The van der Waals surface area contributed by atoms with Crippen LogP contribution in [0.1, 0.15) is 39.2 Å². The molecule has 41 heavy (non-hydrogen) atoms. The molecule has 2 aromatic carbocycles. The van der Waals surface area contributed by atoms with E-state index in [-0.39, 0.29) is 11.5 Å². The van der Waals surface area contributed by atoms with Crippen molar-refractivity contribution >= 4 is 40.4 Å². The third-order valence-electron chi connectivity index (χ3n) is 6.82. The molecule has 1 fully saturated rings. The smallest absolute Gasteiger partial charge is 0.417 e. The van der Waals surface area contributed by atoms with E-state index in [2.05, 4.69) is 30.6 Å². The number of fused-ring (bicyclic) bond motifs is 1. The highest BCUT2D eigenvalue weighted by Crippen LogP contribution is 2.37. The van der Waals surface area contributed by atoms with Crippen molar-refractivity contribution in [3.8, 4) is 5.75 Å². The molecule has 12 nitrogen and oxygen atoms in total. The highest BCUT2D eigenvalue weighted by molar-refractivity contribution is 6.09. The highest BCUT2D eigenvalue weighted by atomic mass is 16.6. The van der Waals surface area contributed by atoms with Gasteiger partial charge in [-0.15, -0.1) is 0 Å². The molecular formula is C29H34N8O4. The van der Waals surface area contributed by atoms with Gasteiger partial charge < -0.3 is 30.8 Å². The number of benzene rings is 2. The molecule has 4 aromatic rings. The molecule has 5 rings (SSSR count). The average molecular weight is 559 g/mol. The van der Waals surface area contributed by atoms with Crippen LogP contribution in [0.5, 0.6) is 5.75 Å². The summed E-state index contributed by atoms with van der Waals surface area (Å²) in [5, 5.41) is 6.26. The molecule has 0 radical (unpaired) electrons. The predicted molar refractivity (Wildman–Crippen MR) is 155 cm³/mol. The largest absolute Gasteiger partial charge is 0.487 e. The standard InChI is InChI=1S/C29H34N8O4/c1-28(2,3)41-27(39)37(25-23-24(33-17-32-23)34-18-35-25)29(12-14-31-15-13-29)26(38)36-20-10-7-11-21(22(20)30)40-16-19-8-5-4-6-9-19/h4-11,17-18,31H,12-16,30H2,1-3H3,(H,36,38)(H,32,33,34,35). The zero-order valence-electron chi connectivity index (χ0n) is 23.3. The fourth-order valence-electron chi connectivity index (χ4n) is 4.84. The lowest BCUT2D eigenvalue weighted by molar-refractivity contribution is -0.122. The number of piperidine rings is 1. The van der Waals surface area contributed by atoms with E-state index in [1.54, 1.807) is 39.0 Å². The minimum Gasteiger partial charge on any atom is -0.487 e. The summed E-state index contributed by atoms with van der Waals surface area (Å²) in [6.45, 7) is 6.60. The van der Waals surface area contributed by atoms with E-state index in [0.29, 0.717) is 55.1 Å². The van der Waals surface area contributed by atoms with Gasteiger partial charge in [-0.05, 0) is 64.4 Å². The van der Waals surface area contributed by atoms with Gasteiger partial charge in [0.15, 0.2) is 11.5 Å². The molecule has 3 heterocycles. The Morgan fingerprint density at radius 1 is 1.05 bits per heavy atom. The van der Waals surface area contributed by atoms with Crippen molar-refractivity contribution in [2.45, 2.75) is 51.4 Å². The van der Waals surface area contributed by atoms with Crippen LogP contribution >= 0.6 is 0 Å². The van der Waals surface area contributed by atoms with Crippen LogP contribution in [0.4, 0.5) is 22.0 Å². The zero-order valence-corrected chi connectivity index (χ0v) is 23.3. The minimum atomic E-state index is -1.37. The lowest BCUT2D eigenvalue weighted by Gasteiger charge is -2.44. The Morgan fingerprint density at radius 3 is 2.54 bits per heavy atom. The second-order valence-electron chi connectivity index (χ2n) is 10.8. The van der Waals surface area contributed by atoms with Gasteiger partial charge in [0.25, 0.3) is 5.91 Å². The summed E-state index contributed by atoms with van der Waals surface area (Å²) in [6, 6.07) is 14.9.